The maximum absolute atomic E-state index is 13.1. The summed E-state index contributed by atoms with van der Waals surface area (Å²) in [6, 6.07) is 12.7. The fourth-order valence-electron chi connectivity index (χ4n) is 3.76. The molecular weight excluding hydrogens is 449 g/mol. The van der Waals surface area contributed by atoms with Gasteiger partial charge >= 0.3 is 6.18 Å². The Kier molecular flexibility index (Phi) is 6.23. The average Bonchev–Trinajstić information content (AvgIpc) is 3.23. The first-order valence-electron chi connectivity index (χ1n) is 10.6. The second kappa shape index (κ2) is 9.12. The summed E-state index contributed by atoms with van der Waals surface area (Å²) in [6.07, 6.45) is -3.20. The molecule has 176 valence electrons. The Morgan fingerprint density at radius 3 is 2.44 bits per heavy atom. The quantitative estimate of drug-likeness (QED) is 0.618. The Bertz CT molecular complexity index is 1300. The van der Waals surface area contributed by atoms with E-state index >= 15 is 0 Å². The molecule has 0 unspecified atom stereocenters. The van der Waals surface area contributed by atoms with Crippen molar-refractivity contribution in [1.82, 2.24) is 15.1 Å². The van der Waals surface area contributed by atoms with E-state index in [4.69, 9.17) is 0 Å². The molecule has 2 aromatic carbocycles. The molecule has 0 saturated carbocycles. The fraction of sp³-hybridized carbons (Fsp3) is 0.250. The van der Waals surface area contributed by atoms with Crippen LogP contribution in [0.3, 0.4) is 0 Å². The average molecular weight is 470 g/mol. The number of nitrogens with zero attached hydrogens (tertiary/aromatic N) is 3. The second-order valence-corrected chi connectivity index (χ2v) is 7.96. The van der Waals surface area contributed by atoms with Crippen molar-refractivity contribution >= 4 is 17.5 Å². The minimum atomic E-state index is -4.54. The molecule has 4 rings (SSSR count). The smallest absolute Gasteiger partial charge is 0.346 e. The zero-order valence-corrected chi connectivity index (χ0v) is 18.2. The van der Waals surface area contributed by atoms with Crippen LogP contribution in [0.5, 0.6) is 0 Å². The van der Waals surface area contributed by atoms with E-state index in [9.17, 15) is 27.6 Å². The third-order valence-corrected chi connectivity index (χ3v) is 5.52. The summed E-state index contributed by atoms with van der Waals surface area (Å²) in [6.45, 7) is 2.29. The third kappa shape index (κ3) is 4.85. The van der Waals surface area contributed by atoms with E-state index < -0.39 is 28.8 Å². The highest BCUT2D eigenvalue weighted by molar-refractivity contribution is 5.95. The Morgan fingerprint density at radius 2 is 1.79 bits per heavy atom. The number of rotatable bonds is 5. The first-order valence-corrected chi connectivity index (χ1v) is 10.6. The summed E-state index contributed by atoms with van der Waals surface area (Å²) in [5, 5.41) is 6.65. The summed E-state index contributed by atoms with van der Waals surface area (Å²) in [7, 11) is 0. The molecule has 0 bridgehead atoms. The number of hydrogen-bond donors (Lipinski definition) is 1. The van der Waals surface area contributed by atoms with Crippen LogP contribution < -0.4 is 15.6 Å². The lowest BCUT2D eigenvalue weighted by Crippen LogP contribution is -2.31. The molecule has 0 radical (unpaired) electrons. The number of aromatic nitrogens is 2. The SMILES string of the molecule is Cc1cc(=O)c(C(=O)NCc2ccc(N3CCCC3=O)cc2)nn1-c1cccc(C(F)(F)F)c1. The topological polar surface area (TPSA) is 84.3 Å². The van der Waals surface area contributed by atoms with Gasteiger partial charge in [0.1, 0.15) is 0 Å². The molecule has 34 heavy (non-hydrogen) atoms. The maximum atomic E-state index is 13.1. The summed E-state index contributed by atoms with van der Waals surface area (Å²) in [5.41, 5.74) is -0.0458. The van der Waals surface area contributed by atoms with Gasteiger partial charge in [-0.25, -0.2) is 4.68 Å². The van der Waals surface area contributed by atoms with Crippen molar-refractivity contribution in [3.63, 3.8) is 0 Å². The summed E-state index contributed by atoms with van der Waals surface area (Å²) in [4.78, 5) is 38.6. The van der Waals surface area contributed by atoms with Gasteiger partial charge in [0.05, 0.1) is 11.3 Å². The molecule has 1 fully saturated rings. The minimum Gasteiger partial charge on any atom is -0.346 e. The van der Waals surface area contributed by atoms with E-state index in [1.54, 1.807) is 29.2 Å². The highest BCUT2D eigenvalue weighted by Crippen LogP contribution is 2.30. The third-order valence-electron chi connectivity index (χ3n) is 5.52. The van der Waals surface area contributed by atoms with E-state index in [0.717, 1.165) is 40.6 Å². The maximum Gasteiger partial charge on any atom is 0.416 e. The molecule has 7 nitrogen and oxygen atoms in total. The number of benzene rings is 2. The number of anilines is 1. The van der Waals surface area contributed by atoms with Crippen LogP contribution in [-0.4, -0.2) is 28.1 Å². The summed E-state index contributed by atoms with van der Waals surface area (Å²) >= 11 is 0. The van der Waals surface area contributed by atoms with Gasteiger partial charge in [-0.05, 0) is 49.2 Å². The van der Waals surface area contributed by atoms with Gasteiger partial charge < -0.3 is 10.2 Å². The molecule has 0 atom stereocenters. The number of carbonyl (C=O) groups is 2. The molecule has 1 aliphatic rings. The van der Waals surface area contributed by atoms with Crippen molar-refractivity contribution in [2.24, 2.45) is 0 Å². The van der Waals surface area contributed by atoms with E-state index in [1.807, 2.05) is 0 Å². The fourth-order valence-corrected chi connectivity index (χ4v) is 3.76. The molecule has 10 heteroatoms. The van der Waals surface area contributed by atoms with Gasteiger partial charge in [0.25, 0.3) is 5.91 Å². The Morgan fingerprint density at radius 1 is 1.06 bits per heavy atom. The van der Waals surface area contributed by atoms with Crippen LogP contribution in [-0.2, 0) is 17.5 Å². The zero-order valence-electron chi connectivity index (χ0n) is 18.2. The number of aryl methyl sites for hydroxylation is 1. The molecule has 2 heterocycles. The van der Waals surface area contributed by atoms with Crippen LogP contribution in [0.2, 0.25) is 0 Å². The van der Waals surface area contributed by atoms with Crippen LogP contribution >= 0.6 is 0 Å². The van der Waals surface area contributed by atoms with Crippen molar-refractivity contribution in [1.29, 1.82) is 0 Å². The first kappa shape index (κ1) is 23.2. The van der Waals surface area contributed by atoms with Gasteiger partial charge in [-0.3, -0.25) is 14.4 Å². The largest absolute Gasteiger partial charge is 0.416 e. The van der Waals surface area contributed by atoms with Gasteiger partial charge in [-0.1, -0.05) is 18.2 Å². The second-order valence-electron chi connectivity index (χ2n) is 7.96. The van der Waals surface area contributed by atoms with E-state index in [2.05, 4.69) is 10.4 Å². The van der Waals surface area contributed by atoms with Crippen molar-refractivity contribution < 1.29 is 22.8 Å². The number of amides is 2. The molecule has 1 aromatic heterocycles. The number of nitrogens with one attached hydrogen (secondary N) is 1. The lowest BCUT2D eigenvalue weighted by atomic mass is 10.2. The minimum absolute atomic E-state index is 0.0727. The summed E-state index contributed by atoms with van der Waals surface area (Å²) < 4.78 is 40.4. The number of carbonyl (C=O) groups excluding carboxylic acids is 2. The Hall–Kier alpha value is -3.95. The van der Waals surface area contributed by atoms with Crippen LogP contribution in [0.15, 0.2) is 59.4 Å². The normalized spacial score (nSPS) is 13.9. The van der Waals surface area contributed by atoms with E-state index in [0.29, 0.717) is 13.0 Å². The first-order chi connectivity index (χ1) is 16.1. The zero-order chi connectivity index (χ0) is 24.5. The predicted octanol–water partition coefficient (Wildman–Crippen LogP) is 3.62. The molecule has 1 aliphatic heterocycles. The van der Waals surface area contributed by atoms with Crippen molar-refractivity contribution in [2.45, 2.75) is 32.5 Å². The van der Waals surface area contributed by atoms with Gasteiger partial charge in [0.15, 0.2) is 5.69 Å². The van der Waals surface area contributed by atoms with Crippen molar-refractivity contribution in [2.75, 3.05) is 11.4 Å². The van der Waals surface area contributed by atoms with Crippen LogP contribution in [0, 0.1) is 6.92 Å². The lowest BCUT2D eigenvalue weighted by Gasteiger charge is -2.16. The standard InChI is InChI=1S/C24H21F3N4O3/c1-15-12-20(32)22(29-31(15)19-5-2-4-17(13-19)24(25,26)27)23(34)28-14-16-7-9-18(10-8-16)30-11-3-6-21(30)33/h2,4-5,7-10,12-13H,3,6,11,14H2,1H3,(H,28,34). The Labute approximate surface area is 192 Å². The van der Waals surface area contributed by atoms with E-state index in [1.165, 1.54) is 19.1 Å². The number of alkyl halides is 3. The van der Waals surface area contributed by atoms with Gasteiger partial charge in [0.2, 0.25) is 11.3 Å². The van der Waals surface area contributed by atoms with E-state index in [-0.39, 0.29) is 23.8 Å². The molecule has 3 aromatic rings. The van der Waals surface area contributed by atoms with Crippen LogP contribution in [0.4, 0.5) is 18.9 Å². The van der Waals surface area contributed by atoms with Crippen molar-refractivity contribution in [3.8, 4) is 5.69 Å². The highest BCUT2D eigenvalue weighted by Gasteiger charge is 2.30. The Balaban J connectivity index is 1.52. The lowest BCUT2D eigenvalue weighted by molar-refractivity contribution is -0.137. The molecule has 0 spiro atoms. The van der Waals surface area contributed by atoms with Crippen molar-refractivity contribution in [3.05, 3.63) is 87.3 Å². The molecule has 0 aliphatic carbocycles. The van der Waals surface area contributed by atoms with Crippen LogP contribution in [0.25, 0.3) is 5.69 Å². The number of hydrogen-bond acceptors (Lipinski definition) is 4. The number of halogens is 3. The molecule has 1 N–H and O–H groups in total. The van der Waals surface area contributed by atoms with Crippen LogP contribution in [0.1, 0.15) is 40.2 Å². The highest BCUT2D eigenvalue weighted by atomic mass is 19.4. The molecule has 2 amide bonds. The predicted molar refractivity (Wildman–Crippen MR) is 119 cm³/mol. The van der Waals surface area contributed by atoms with Gasteiger partial charge in [0, 0.05) is 37.0 Å². The monoisotopic (exact) mass is 470 g/mol. The van der Waals surface area contributed by atoms with Gasteiger partial charge in [-0.2, -0.15) is 18.3 Å². The molecule has 1 saturated heterocycles. The summed E-state index contributed by atoms with van der Waals surface area (Å²) in [5.74, 6) is -0.673. The van der Waals surface area contributed by atoms with Gasteiger partial charge in [-0.15, -0.1) is 0 Å². The molecular formula is C24H21F3N4O3.